The molecule has 2 aromatic carbocycles. The van der Waals surface area contributed by atoms with E-state index in [0.29, 0.717) is 17.1 Å². The highest BCUT2D eigenvalue weighted by molar-refractivity contribution is 5.91. The van der Waals surface area contributed by atoms with Crippen molar-refractivity contribution in [3.63, 3.8) is 0 Å². The molecule has 162 valence electrons. The summed E-state index contributed by atoms with van der Waals surface area (Å²) in [5.41, 5.74) is -0.137. The first-order valence-corrected chi connectivity index (χ1v) is 9.07. The van der Waals surface area contributed by atoms with E-state index in [0.717, 1.165) is 0 Å². The Balaban J connectivity index is 2.38. The summed E-state index contributed by atoms with van der Waals surface area (Å²) >= 11 is 0. The van der Waals surface area contributed by atoms with Gasteiger partial charge in [-0.3, -0.25) is 14.4 Å². The lowest BCUT2D eigenvalue weighted by molar-refractivity contribution is -0.132. The first-order valence-electron chi connectivity index (χ1n) is 9.07. The first-order chi connectivity index (χ1) is 14.8. The Hall–Kier alpha value is -4.01. The van der Waals surface area contributed by atoms with Crippen LogP contribution in [0.25, 0.3) is 22.3 Å². The molecule has 3 rings (SSSR count). The van der Waals surface area contributed by atoms with Gasteiger partial charge in [-0.05, 0) is 12.1 Å². The van der Waals surface area contributed by atoms with Crippen LogP contribution in [0.1, 0.15) is 13.8 Å². The van der Waals surface area contributed by atoms with E-state index in [1.165, 1.54) is 47.3 Å². The highest BCUT2D eigenvalue weighted by Crippen LogP contribution is 2.40. The van der Waals surface area contributed by atoms with E-state index in [2.05, 4.69) is 0 Å². The maximum absolute atomic E-state index is 13.3. The average Bonchev–Trinajstić information content (AvgIpc) is 2.71. The van der Waals surface area contributed by atoms with Gasteiger partial charge in [0, 0.05) is 32.0 Å². The number of carbonyl (C=O) groups is 2. The summed E-state index contributed by atoms with van der Waals surface area (Å²) < 4.78 is 32.2. The molecule has 0 N–H and O–H groups in total. The zero-order valence-corrected chi connectivity index (χ0v) is 17.6. The molecule has 9 nitrogen and oxygen atoms in total. The maximum atomic E-state index is 13.3. The van der Waals surface area contributed by atoms with Crippen molar-refractivity contribution in [2.75, 3.05) is 21.3 Å². The van der Waals surface area contributed by atoms with Gasteiger partial charge < -0.3 is 28.1 Å². The Bertz CT molecular complexity index is 1220. The highest BCUT2D eigenvalue weighted by Gasteiger charge is 2.24. The lowest BCUT2D eigenvalue weighted by atomic mass is 10.1. The first kappa shape index (κ1) is 21.7. The van der Waals surface area contributed by atoms with Crippen LogP contribution in [0.15, 0.2) is 39.5 Å². The van der Waals surface area contributed by atoms with Gasteiger partial charge in [0.25, 0.3) is 0 Å². The predicted molar refractivity (Wildman–Crippen MR) is 110 cm³/mol. The number of esters is 2. The maximum Gasteiger partial charge on any atom is 0.308 e. The molecule has 0 fully saturated rings. The summed E-state index contributed by atoms with van der Waals surface area (Å²) in [6.07, 6.45) is 0. The molecule has 0 amide bonds. The van der Waals surface area contributed by atoms with E-state index in [1.807, 2.05) is 0 Å². The summed E-state index contributed by atoms with van der Waals surface area (Å²) in [7, 11) is 4.29. The van der Waals surface area contributed by atoms with Crippen molar-refractivity contribution in [2.45, 2.75) is 13.8 Å². The van der Waals surface area contributed by atoms with Crippen molar-refractivity contribution in [2.24, 2.45) is 0 Å². The summed E-state index contributed by atoms with van der Waals surface area (Å²) in [5, 5.41) is -0.0424. The minimum absolute atomic E-state index is 0.0219. The van der Waals surface area contributed by atoms with E-state index in [9.17, 15) is 14.4 Å². The van der Waals surface area contributed by atoms with Gasteiger partial charge in [-0.25, -0.2) is 0 Å². The SMILES string of the molecule is COc1ccc(-c2oc3cc(OC(C)=O)cc(OC(C)=O)c3c(=O)c2OC)c(OC)c1. The molecule has 0 aliphatic carbocycles. The molecular weight excluding hydrogens is 408 g/mol. The molecule has 3 aromatic rings. The Morgan fingerprint density at radius 3 is 2.06 bits per heavy atom. The van der Waals surface area contributed by atoms with E-state index < -0.39 is 17.4 Å². The van der Waals surface area contributed by atoms with Crippen molar-refractivity contribution in [3.05, 3.63) is 40.6 Å². The second-order valence-corrected chi connectivity index (χ2v) is 6.34. The summed E-state index contributed by atoms with van der Waals surface area (Å²) in [6, 6.07) is 7.55. The minimum atomic E-state index is -0.666. The van der Waals surface area contributed by atoms with Crippen LogP contribution in [-0.4, -0.2) is 33.3 Å². The molecule has 31 heavy (non-hydrogen) atoms. The highest BCUT2D eigenvalue weighted by atomic mass is 16.5. The zero-order valence-electron chi connectivity index (χ0n) is 17.6. The van der Waals surface area contributed by atoms with Crippen LogP contribution < -0.4 is 29.1 Å². The van der Waals surface area contributed by atoms with Gasteiger partial charge in [0.05, 0.1) is 26.9 Å². The molecular formula is C22H20O9. The quantitative estimate of drug-likeness (QED) is 0.431. The van der Waals surface area contributed by atoms with Gasteiger partial charge >= 0.3 is 11.9 Å². The van der Waals surface area contributed by atoms with E-state index in [4.69, 9.17) is 28.1 Å². The average molecular weight is 428 g/mol. The van der Waals surface area contributed by atoms with Crippen LogP contribution in [0.4, 0.5) is 0 Å². The molecule has 0 unspecified atom stereocenters. The van der Waals surface area contributed by atoms with Crippen LogP contribution in [-0.2, 0) is 9.59 Å². The number of methoxy groups -OCH3 is 3. The number of rotatable bonds is 6. The van der Waals surface area contributed by atoms with Crippen LogP contribution in [0.2, 0.25) is 0 Å². The molecule has 9 heteroatoms. The fourth-order valence-corrected chi connectivity index (χ4v) is 3.05. The Morgan fingerprint density at radius 1 is 0.806 bits per heavy atom. The van der Waals surface area contributed by atoms with Crippen LogP contribution in [0.5, 0.6) is 28.7 Å². The van der Waals surface area contributed by atoms with Crippen molar-refractivity contribution < 1.29 is 37.7 Å². The van der Waals surface area contributed by atoms with Gasteiger partial charge in [-0.2, -0.15) is 0 Å². The number of fused-ring (bicyclic) bond motifs is 1. The summed E-state index contributed by atoms with van der Waals surface area (Å²) in [5.74, 6) is -0.480. The van der Waals surface area contributed by atoms with E-state index >= 15 is 0 Å². The Kier molecular flexibility index (Phi) is 6.15. The Morgan fingerprint density at radius 2 is 1.48 bits per heavy atom. The van der Waals surface area contributed by atoms with E-state index in [1.54, 1.807) is 18.2 Å². The monoisotopic (exact) mass is 428 g/mol. The molecule has 0 saturated heterocycles. The fourth-order valence-electron chi connectivity index (χ4n) is 3.05. The van der Waals surface area contributed by atoms with E-state index in [-0.39, 0.29) is 34.0 Å². The van der Waals surface area contributed by atoms with Crippen LogP contribution in [0.3, 0.4) is 0 Å². The van der Waals surface area contributed by atoms with Crippen molar-refractivity contribution in [1.82, 2.24) is 0 Å². The third-order valence-electron chi connectivity index (χ3n) is 4.26. The number of ether oxygens (including phenoxy) is 5. The lowest BCUT2D eigenvalue weighted by Gasteiger charge is -2.15. The molecule has 0 bridgehead atoms. The molecule has 0 atom stereocenters. The van der Waals surface area contributed by atoms with Gasteiger partial charge in [0.2, 0.25) is 11.2 Å². The zero-order chi connectivity index (χ0) is 22.7. The number of benzene rings is 2. The molecule has 1 aromatic heterocycles. The third-order valence-corrected chi connectivity index (χ3v) is 4.26. The largest absolute Gasteiger partial charge is 0.497 e. The van der Waals surface area contributed by atoms with Crippen LogP contribution in [0, 0.1) is 0 Å². The topological polar surface area (TPSA) is 110 Å². The molecule has 0 spiro atoms. The molecule has 0 aliphatic rings. The number of carbonyl (C=O) groups excluding carboxylic acids is 2. The standard InChI is InChI=1S/C22H20O9/c1-11(23)29-14-9-17(30-12(2)24)19-18(10-14)31-21(22(28-5)20(19)25)15-7-6-13(26-3)8-16(15)27-4/h6-10H,1-5H3. The molecule has 0 radical (unpaired) electrons. The smallest absolute Gasteiger partial charge is 0.308 e. The molecule has 1 heterocycles. The molecule has 0 saturated carbocycles. The van der Waals surface area contributed by atoms with Crippen molar-refractivity contribution in [3.8, 4) is 40.1 Å². The predicted octanol–water partition coefficient (Wildman–Crippen LogP) is 3.34. The van der Waals surface area contributed by atoms with Gasteiger partial charge in [-0.1, -0.05) is 0 Å². The van der Waals surface area contributed by atoms with Crippen molar-refractivity contribution in [1.29, 1.82) is 0 Å². The Labute approximate surface area is 177 Å². The van der Waals surface area contributed by atoms with Gasteiger partial charge in [0.1, 0.15) is 34.0 Å². The van der Waals surface area contributed by atoms with Crippen LogP contribution >= 0.6 is 0 Å². The third kappa shape index (κ3) is 4.30. The second kappa shape index (κ2) is 8.78. The van der Waals surface area contributed by atoms with Gasteiger partial charge in [-0.15, -0.1) is 0 Å². The summed E-state index contributed by atoms with van der Waals surface area (Å²) in [4.78, 5) is 36.2. The van der Waals surface area contributed by atoms with Gasteiger partial charge in [0.15, 0.2) is 5.76 Å². The lowest BCUT2D eigenvalue weighted by Crippen LogP contribution is -2.12. The fraction of sp³-hybridized carbons (Fsp3) is 0.227. The second-order valence-electron chi connectivity index (χ2n) is 6.34. The minimum Gasteiger partial charge on any atom is -0.497 e. The summed E-state index contributed by atoms with van der Waals surface area (Å²) in [6.45, 7) is 2.40. The normalized spacial score (nSPS) is 10.5. The van der Waals surface area contributed by atoms with Crippen molar-refractivity contribution >= 4 is 22.9 Å². The number of hydrogen-bond acceptors (Lipinski definition) is 9. The number of hydrogen-bond donors (Lipinski definition) is 0. The molecule has 0 aliphatic heterocycles.